The quantitative estimate of drug-likeness (QED) is 0.395. The van der Waals surface area contributed by atoms with Crippen LogP contribution >= 0.6 is 0 Å². The molecule has 0 saturated heterocycles. The van der Waals surface area contributed by atoms with Crippen LogP contribution < -0.4 is 15.4 Å². The lowest BCUT2D eigenvalue weighted by molar-refractivity contribution is 0.284. The number of anilines is 2. The number of benzene rings is 2. The molecule has 3 aromatic rings. The number of rotatable bonds is 8. The molecule has 1 aliphatic rings. The third-order valence-electron chi connectivity index (χ3n) is 6.30. The molecule has 1 saturated carbocycles. The maximum Gasteiger partial charge on any atom is 0.243 e. The average molecular weight is 500 g/mol. The largest absolute Gasteiger partial charge is 0.365 e. The van der Waals surface area contributed by atoms with E-state index in [1.165, 1.54) is 18.2 Å². The fourth-order valence-electron chi connectivity index (χ4n) is 4.45. The van der Waals surface area contributed by atoms with Gasteiger partial charge in [0.2, 0.25) is 16.0 Å². The van der Waals surface area contributed by atoms with Crippen molar-refractivity contribution >= 4 is 32.7 Å². The Bertz CT molecular complexity index is 1270. The highest BCUT2D eigenvalue weighted by Gasteiger charge is 2.25. The number of sulfonamides is 1. The van der Waals surface area contributed by atoms with Gasteiger partial charge in [-0.05, 0) is 82.6 Å². The molecule has 3 N–H and O–H groups in total. The summed E-state index contributed by atoms with van der Waals surface area (Å²) >= 11 is 0. The maximum atomic E-state index is 13.9. The predicted octanol–water partition coefficient (Wildman–Crippen LogP) is 5.18. The number of para-hydroxylation sites is 1. The number of nitrogens with one attached hydrogen (secondary N) is 3. The normalized spacial score (nSPS) is 19.0. The number of hydrogen-bond donors (Lipinski definition) is 3. The average Bonchev–Trinajstić information content (AvgIpc) is 2.81. The van der Waals surface area contributed by atoms with E-state index in [-0.39, 0.29) is 16.4 Å². The van der Waals surface area contributed by atoms with Crippen LogP contribution in [0.15, 0.2) is 53.4 Å². The van der Waals surface area contributed by atoms with E-state index < -0.39 is 15.8 Å². The first-order valence-corrected chi connectivity index (χ1v) is 13.6. The van der Waals surface area contributed by atoms with E-state index in [9.17, 15) is 12.8 Å². The summed E-state index contributed by atoms with van der Waals surface area (Å²) in [5, 5.41) is 7.89. The molecular formula is C26H34FN5O2S. The Balaban J connectivity index is 1.31. The van der Waals surface area contributed by atoms with Crippen LogP contribution in [0.25, 0.3) is 10.9 Å². The molecule has 0 spiro atoms. The molecule has 4 rings (SSSR count). The molecule has 1 fully saturated rings. The van der Waals surface area contributed by atoms with Crippen LogP contribution in [0.3, 0.4) is 0 Å². The Morgan fingerprint density at radius 3 is 2.23 bits per heavy atom. The van der Waals surface area contributed by atoms with Gasteiger partial charge in [-0.15, -0.1) is 0 Å². The highest BCUT2D eigenvalue weighted by molar-refractivity contribution is 7.89. The number of fused-ring (bicyclic) bond motifs is 1. The van der Waals surface area contributed by atoms with Crippen molar-refractivity contribution in [3.8, 4) is 0 Å². The van der Waals surface area contributed by atoms with Gasteiger partial charge in [0.05, 0.1) is 5.52 Å². The van der Waals surface area contributed by atoms with Gasteiger partial charge in [-0.25, -0.2) is 22.5 Å². The second-order valence-electron chi connectivity index (χ2n) is 10.3. The minimum Gasteiger partial charge on any atom is -0.365 e. The van der Waals surface area contributed by atoms with Gasteiger partial charge in [-0.3, -0.25) is 0 Å². The van der Waals surface area contributed by atoms with E-state index in [1.54, 1.807) is 0 Å². The van der Waals surface area contributed by atoms with Gasteiger partial charge >= 0.3 is 0 Å². The van der Waals surface area contributed by atoms with Crippen LogP contribution in [0.2, 0.25) is 0 Å². The van der Waals surface area contributed by atoms with Crippen molar-refractivity contribution < 1.29 is 12.8 Å². The second kappa shape index (κ2) is 10.5. The van der Waals surface area contributed by atoms with Crippen LogP contribution in [0.1, 0.15) is 46.5 Å². The minimum atomic E-state index is -3.85. The van der Waals surface area contributed by atoms with Crippen LogP contribution in [-0.2, 0) is 10.0 Å². The molecule has 0 radical (unpaired) electrons. The summed E-state index contributed by atoms with van der Waals surface area (Å²) < 4.78 is 41.4. The molecule has 35 heavy (non-hydrogen) atoms. The molecule has 0 bridgehead atoms. The molecule has 7 nitrogen and oxygen atoms in total. The van der Waals surface area contributed by atoms with Crippen molar-refractivity contribution in [1.29, 1.82) is 0 Å². The summed E-state index contributed by atoms with van der Waals surface area (Å²) in [5.74, 6) is 1.40. The smallest absolute Gasteiger partial charge is 0.243 e. The molecular weight excluding hydrogens is 465 g/mol. The lowest BCUT2D eigenvalue weighted by atomic mass is 9.82. The van der Waals surface area contributed by atoms with Gasteiger partial charge in [-0.1, -0.05) is 24.3 Å². The number of nitrogens with zero attached hydrogens (tertiary/aromatic N) is 2. The molecule has 1 aliphatic carbocycles. The van der Waals surface area contributed by atoms with Crippen LogP contribution in [0, 0.1) is 17.7 Å². The van der Waals surface area contributed by atoms with E-state index in [4.69, 9.17) is 4.98 Å². The van der Waals surface area contributed by atoms with Crippen molar-refractivity contribution in [3.63, 3.8) is 0 Å². The van der Waals surface area contributed by atoms with E-state index in [0.29, 0.717) is 18.4 Å². The van der Waals surface area contributed by atoms with Crippen molar-refractivity contribution in [3.05, 3.63) is 54.3 Å². The topological polar surface area (TPSA) is 96.0 Å². The molecule has 1 aromatic heterocycles. The highest BCUT2D eigenvalue weighted by Crippen LogP contribution is 2.30. The summed E-state index contributed by atoms with van der Waals surface area (Å²) in [6, 6.07) is 13.4. The Morgan fingerprint density at radius 2 is 1.54 bits per heavy atom. The van der Waals surface area contributed by atoms with Gasteiger partial charge < -0.3 is 10.6 Å². The van der Waals surface area contributed by atoms with E-state index in [1.807, 2.05) is 24.3 Å². The van der Waals surface area contributed by atoms with Gasteiger partial charge in [0.25, 0.3) is 0 Å². The summed E-state index contributed by atoms with van der Waals surface area (Å²) in [7, 11) is -3.85. The molecule has 0 unspecified atom stereocenters. The first-order chi connectivity index (χ1) is 16.6. The van der Waals surface area contributed by atoms with Crippen LogP contribution in [0.5, 0.6) is 0 Å². The minimum absolute atomic E-state index is 0.124. The van der Waals surface area contributed by atoms with Crippen molar-refractivity contribution in [1.82, 2.24) is 14.7 Å². The van der Waals surface area contributed by atoms with E-state index in [0.717, 1.165) is 55.0 Å². The maximum absolute atomic E-state index is 13.9. The monoisotopic (exact) mass is 499 g/mol. The lowest BCUT2D eigenvalue weighted by Crippen LogP contribution is -2.32. The third-order valence-corrected chi connectivity index (χ3v) is 7.76. The second-order valence-corrected chi connectivity index (χ2v) is 12.1. The van der Waals surface area contributed by atoms with E-state index in [2.05, 4.69) is 41.1 Å². The Hall–Kier alpha value is -2.78. The number of aromatic nitrogens is 2. The molecule has 9 heteroatoms. The fourth-order valence-corrected chi connectivity index (χ4v) is 5.64. The highest BCUT2D eigenvalue weighted by atomic mass is 32.2. The molecule has 2 aromatic carbocycles. The molecule has 1 heterocycles. The Morgan fingerprint density at radius 1 is 0.914 bits per heavy atom. The molecule has 0 aliphatic heterocycles. The van der Waals surface area contributed by atoms with Gasteiger partial charge in [0, 0.05) is 24.0 Å². The van der Waals surface area contributed by atoms with Crippen LogP contribution in [-0.4, -0.2) is 37.0 Å². The fraction of sp³-hybridized carbons (Fsp3) is 0.462. The van der Waals surface area contributed by atoms with E-state index >= 15 is 0 Å². The molecule has 0 atom stereocenters. The SMILES string of the molecule is CC(C)(C)Nc1nc(NC[C@H]2CC[C@H](CNS(=O)(=O)c3ccccc3F)CC2)nc2ccccc12. The third kappa shape index (κ3) is 6.67. The van der Waals surface area contributed by atoms with Gasteiger partial charge in [0.15, 0.2) is 0 Å². The predicted molar refractivity (Wildman–Crippen MR) is 138 cm³/mol. The number of halogens is 1. The summed E-state index contributed by atoms with van der Waals surface area (Å²) in [6.45, 7) is 7.40. The zero-order valence-corrected chi connectivity index (χ0v) is 21.3. The Labute approximate surface area is 207 Å². The molecule has 0 amide bonds. The first-order valence-electron chi connectivity index (χ1n) is 12.1. The summed E-state index contributed by atoms with van der Waals surface area (Å²) in [6.07, 6.45) is 3.81. The summed E-state index contributed by atoms with van der Waals surface area (Å²) in [5.41, 5.74) is 0.767. The van der Waals surface area contributed by atoms with Crippen molar-refractivity contribution in [2.75, 3.05) is 23.7 Å². The zero-order valence-electron chi connectivity index (χ0n) is 20.5. The van der Waals surface area contributed by atoms with Gasteiger partial charge in [-0.2, -0.15) is 4.98 Å². The lowest BCUT2D eigenvalue weighted by Gasteiger charge is -2.29. The molecule has 188 valence electrons. The Kier molecular flexibility index (Phi) is 7.56. The van der Waals surface area contributed by atoms with Gasteiger partial charge in [0.1, 0.15) is 16.5 Å². The zero-order chi connectivity index (χ0) is 25.1. The standard InChI is InChI=1S/C26H34FN5O2S/c1-26(2,3)32-24-20-8-4-6-10-22(20)30-25(31-24)28-16-18-12-14-19(15-13-18)17-29-35(33,34)23-11-7-5-9-21(23)27/h4-11,18-19,29H,12-17H2,1-3H3,(H2,28,30,31,32)/t18-,19-. The number of hydrogen-bond acceptors (Lipinski definition) is 6. The van der Waals surface area contributed by atoms with Crippen molar-refractivity contribution in [2.45, 2.75) is 56.9 Å². The first kappa shape index (κ1) is 25.3. The van der Waals surface area contributed by atoms with Crippen molar-refractivity contribution in [2.24, 2.45) is 11.8 Å². The summed E-state index contributed by atoms with van der Waals surface area (Å²) in [4.78, 5) is 9.13. The van der Waals surface area contributed by atoms with Crippen LogP contribution in [0.4, 0.5) is 16.2 Å².